The van der Waals surface area contributed by atoms with Crippen molar-refractivity contribution in [2.45, 2.75) is 82.1 Å². The average molecular weight is 988 g/mol. The Labute approximate surface area is 406 Å². The number of aryl methyl sites for hydroxylation is 1. The zero-order chi connectivity index (χ0) is 47.0. The zero-order valence-electron chi connectivity index (χ0n) is 36.0. The number of hydrogen-bond acceptors (Lipinski definition) is 10. The highest BCUT2D eigenvalue weighted by Crippen LogP contribution is 2.64. The van der Waals surface area contributed by atoms with Gasteiger partial charge in [-0.15, -0.1) is 0 Å². The minimum absolute atomic E-state index is 0. The van der Waals surface area contributed by atoms with Gasteiger partial charge < -0.3 is 39.5 Å². The van der Waals surface area contributed by atoms with Gasteiger partial charge in [0.05, 0.1) is 44.5 Å². The van der Waals surface area contributed by atoms with Crippen LogP contribution in [0.1, 0.15) is 89.0 Å². The predicted octanol–water partition coefficient (Wildman–Crippen LogP) is 11.8. The van der Waals surface area contributed by atoms with Gasteiger partial charge in [-0.25, -0.2) is 19.9 Å². The first-order valence-corrected chi connectivity index (χ1v) is 23.0. The molecule has 0 unspecified atom stereocenters. The second kappa shape index (κ2) is 16.1. The van der Waals surface area contributed by atoms with E-state index in [0.717, 1.165) is 73.0 Å². The number of aromatic nitrogens is 6. The van der Waals surface area contributed by atoms with Gasteiger partial charge in [0.2, 0.25) is 11.8 Å². The van der Waals surface area contributed by atoms with Gasteiger partial charge in [-0.05, 0) is 98.1 Å². The summed E-state index contributed by atoms with van der Waals surface area (Å²) in [5, 5.41) is 5.91. The molecular formula is C51H39Cl2F3N8O6. The maximum Gasteiger partial charge on any atom is 0.417 e. The highest BCUT2D eigenvalue weighted by molar-refractivity contribution is 6.32. The number of rotatable bonds is 6. The topological polar surface area (TPSA) is 178 Å². The molecule has 354 valence electrons. The maximum atomic E-state index is 13.2. The Hall–Kier alpha value is -7.37. The number of ether oxygens (including phenoxy) is 4. The molecule has 4 aliphatic heterocycles. The number of H-pyrrole nitrogens is 2. The lowest BCUT2D eigenvalue weighted by Crippen LogP contribution is -2.20. The van der Waals surface area contributed by atoms with E-state index >= 15 is 0 Å². The van der Waals surface area contributed by atoms with E-state index in [1.54, 1.807) is 18.5 Å². The largest absolute Gasteiger partial charge is 0.489 e. The summed E-state index contributed by atoms with van der Waals surface area (Å²) in [6.07, 6.45) is 0.559. The highest BCUT2D eigenvalue weighted by Gasteiger charge is 2.62. The quantitative estimate of drug-likeness (QED) is 0.125. The number of fused-ring (bicyclic) bond motifs is 10. The monoisotopic (exact) mass is 986 g/mol. The van der Waals surface area contributed by atoms with Crippen molar-refractivity contribution in [3.63, 3.8) is 0 Å². The summed E-state index contributed by atoms with van der Waals surface area (Å²) in [5.74, 6) is 7.13. The van der Waals surface area contributed by atoms with Crippen LogP contribution in [0.4, 0.5) is 24.8 Å². The second-order valence-corrected chi connectivity index (χ2v) is 18.8. The van der Waals surface area contributed by atoms with Crippen molar-refractivity contribution in [1.29, 1.82) is 0 Å². The van der Waals surface area contributed by atoms with Crippen LogP contribution in [0.2, 0.25) is 10.0 Å². The van der Waals surface area contributed by atoms with Gasteiger partial charge in [-0.2, -0.15) is 13.2 Å². The number of alkyl halides is 3. The molecule has 14 rings (SSSR count). The van der Waals surface area contributed by atoms with Crippen LogP contribution < -0.4 is 29.6 Å². The van der Waals surface area contributed by atoms with Crippen molar-refractivity contribution < 1.29 is 41.7 Å². The fraction of sp³-hybridized carbons (Fsp3) is 0.255. The molecule has 4 N–H and O–H groups in total. The second-order valence-electron chi connectivity index (χ2n) is 17.9. The SMILES string of the molecule is C.Cc1cc2[nH]c([C@@H]3[C@H]4Oc5ccc(Oc6ccnc7c6CCC(=O)N7)cc5[C@H]43)nc2cc1Cl.O=C1CCc2c(Oc3ccc4c(c3)[C@H]3[C@@H](O4)[C@@H]3c3nc4cc(Cl)c(C(F)(F)F)cc4[nH]3)ccnc2N1. The molecule has 8 heterocycles. The normalized spacial score (nSPS) is 21.7. The van der Waals surface area contributed by atoms with Crippen LogP contribution in [0, 0.1) is 6.92 Å². The van der Waals surface area contributed by atoms with Crippen molar-refractivity contribution in [2.24, 2.45) is 0 Å². The number of imidazole rings is 2. The molecule has 6 aliphatic rings. The Kier molecular flexibility index (Phi) is 10.1. The first kappa shape index (κ1) is 43.9. The maximum absolute atomic E-state index is 13.2. The van der Waals surface area contributed by atoms with Crippen molar-refractivity contribution in [2.75, 3.05) is 10.6 Å². The van der Waals surface area contributed by atoms with Crippen molar-refractivity contribution in [3.8, 4) is 34.5 Å². The summed E-state index contributed by atoms with van der Waals surface area (Å²) in [6.45, 7) is 1.99. The molecule has 8 aromatic rings. The zero-order valence-corrected chi connectivity index (χ0v) is 37.5. The molecule has 0 saturated heterocycles. The minimum atomic E-state index is -4.55. The van der Waals surface area contributed by atoms with Crippen LogP contribution in [-0.2, 0) is 28.6 Å². The number of amides is 2. The first-order valence-electron chi connectivity index (χ1n) is 22.3. The van der Waals surface area contributed by atoms with E-state index in [0.29, 0.717) is 65.9 Å². The Bertz CT molecular complexity index is 3490. The molecule has 0 bridgehead atoms. The van der Waals surface area contributed by atoms with Crippen LogP contribution in [-0.4, -0.2) is 53.9 Å². The van der Waals surface area contributed by atoms with Crippen molar-refractivity contribution in [1.82, 2.24) is 29.9 Å². The Balaban J connectivity index is 0.000000143. The van der Waals surface area contributed by atoms with Crippen LogP contribution >= 0.6 is 23.2 Å². The molecule has 70 heavy (non-hydrogen) atoms. The van der Waals surface area contributed by atoms with E-state index in [2.05, 4.69) is 41.6 Å². The van der Waals surface area contributed by atoms with Gasteiger partial charge in [0.15, 0.2) is 0 Å². The predicted molar refractivity (Wildman–Crippen MR) is 254 cm³/mol. The Morgan fingerprint density at radius 3 is 1.61 bits per heavy atom. The number of carbonyl (C=O) groups is 2. The van der Waals surface area contributed by atoms with Crippen LogP contribution in [0.5, 0.6) is 34.5 Å². The van der Waals surface area contributed by atoms with Gasteiger partial charge in [0.1, 0.15) is 70.0 Å². The van der Waals surface area contributed by atoms with Gasteiger partial charge in [0, 0.05) is 64.3 Å². The molecule has 2 amide bonds. The number of anilines is 2. The molecular weight excluding hydrogens is 949 g/mol. The lowest BCUT2D eigenvalue weighted by atomic mass is 10.1. The summed E-state index contributed by atoms with van der Waals surface area (Å²) in [7, 11) is 0. The third-order valence-corrected chi connectivity index (χ3v) is 14.3. The molecule has 4 aromatic carbocycles. The molecule has 4 aromatic heterocycles. The Morgan fingerprint density at radius 2 is 1.11 bits per heavy atom. The fourth-order valence-electron chi connectivity index (χ4n) is 10.2. The van der Waals surface area contributed by atoms with E-state index in [1.165, 1.54) is 6.07 Å². The molecule has 19 heteroatoms. The summed E-state index contributed by atoms with van der Waals surface area (Å²) in [5.41, 5.74) is 6.49. The lowest BCUT2D eigenvalue weighted by Gasteiger charge is -2.19. The Morgan fingerprint density at radius 1 is 0.629 bits per heavy atom. The molecule has 2 saturated carbocycles. The number of hydrogen-bond donors (Lipinski definition) is 4. The van der Waals surface area contributed by atoms with Gasteiger partial charge in [-0.1, -0.05) is 30.6 Å². The van der Waals surface area contributed by atoms with Crippen molar-refractivity contribution in [3.05, 3.63) is 140 Å². The number of aromatic amines is 2. The van der Waals surface area contributed by atoms with E-state index < -0.39 is 11.7 Å². The summed E-state index contributed by atoms with van der Waals surface area (Å²) >= 11 is 12.1. The standard InChI is InChI=1S/C25H16ClF3N4O3.C25H19ClN4O3.CH4/c26-14-9-16-15(8-13(14)25(27,28)29)31-24(32-16)21-20-12-7-10(1-3-17(12)36-22(20)21)35-18-5-6-30-23-11(18)2-4-19(34)33-23;1-11-8-16-17(10-15(11)26)29-25(28-16)22-21-14-9-12(2-4-18(14)33-23(21)22)32-19-6-7-27-24-13(19)3-5-20(31)30-24;/h1,3,5-9,20-22H,2,4H2,(H,31,32)(H,30,33,34);2,4,6-10,21-23H,3,5H2,1H3,(H,28,29)(H,27,30,31);1H4/t20-,21-,22-;21-,22-,23-;/m10./s1. The summed E-state index contributed by atoms with van der Waals surface area (Å²) < 4.78 is 64.4. The molecule has 14 nitrogen and oxygen atoms in total. The summed E-state index contributed by atoms with van der Waals surface area (Å²) in [6, 6.07) is 21.3. The lowest BCUT2D eigenvalue weighted by molar-refractivity contribution is -0.137. The smallest absolute Gasteiger partial charge is 0.417 e. The third kappa shape index (κ3) is 7.40. The average Bonchev–Trinajstić information content (AvgIpc) is 3.85. The third-order valence-electron chi connectivity index (χ3n) is 13.6. The fourth-order valence-corrected chi connectivity index (χ4v) is 10.6. The van der Waals surface area contributed by atoms with Gasteiger partial charge in [-0.3, -0.25) is 9.59 Å². The highest BCUT2D eigenvalue weighted by atomic mass is 35.5. The van der Waals surface area contributed by atoms with E-state index in [4.69, 9.17) is 47.1 Å². The number of pyridine rings is 2. The van der Waals surface area contributed by atoms with Crippen LogP contribution in [0.3, 0.4) is 0 Å². The van der Waals surface area contributed by atoms with E-state index in [-0.39, 0.29) is 65.7 Å². The van der Waals surface area contributed by atoms with Gasteiger partial charge >= 0.3 is 6.18 Å². The van der Waals surface area contributed by atoms with E-state index in [9.17, 15) is 22.8 Å². The van der Waals surface area contributed by atoms with E-state index in [1.807, 2.05) is 55.5 Å². The van der Waals surface area contributed by atoms with Crippen molar-refractivity contribution >= 4 is 68.7 Å². The number of benzene rings is 4. The minimum Gasteiger partial charge on any atom is -0.489 e. The molecule has 6 atom stereocenters. The number of nitrogens with zero attached hydrogens (tertiary/aromatic N) is 4. The first-order chi connectivity index (χ1) is 33.3. The van der Waals surface area contributed by atoms with Crippen LogP contribution in [0.15, 0.2) is 85.2 Å². The molecule has 2 aliphatic carbocycles. The van der Waals surface area contributed by atoms with Crippen LogP contribution in [0.25, 0.3) is 22.1 Å². The van der Waals surface area contributed by atoms with Gasteiger partial charge in [0.25, 0.3) is 0 Å². The molecule has 0 spiro atoms. The number of carbonyl (C=O) groups excluding carboxylic acids is 2. The number of halogens is 5. The number of nitrogens with one attached hydrogen (secondary N) is 4. The summed E-state index contributed by atoms with van der Waals surface area (Å²) in [4.78, 5) is 47.6. The molecule has 2 fully saturated rings. The molecule has 0 radical (unpaired) electrons.